The van der Waals surface area contributed by atoms with Gasteiger partial charge in [0.15, 0.2) is 0 Å². The van der Waals surface area contributed by atoms with E-state index in [0.717, 1.165) is 24.3 Å². The first kappa shape index (κ1) is 10.9. The molecule has 1 aromatic heterocycles. The summed E-state index contributed by atoms with van der Waals surface area (Å²) < 4.78 is 5.66. The highest BCUT2D eigenvalue weighted by molar-refractivity contribution is 5.53. The number of aryl methyl sites for hydroxylation is 1. The Labute approximate surface area is 95.5 Å². The minimum Gasteiger partial charge on any atom is -0.441 e. The summed E-state index contributed by atoms with van der Waals surface area (Å²) in [5, 5.41) is 3.08. The Balaban J connectivity index is 2.15. The lowest BCUT2D eigenvalue weighted by Crippen LogP contribution is -2.09. The van der Waals surface area contributed by atoms with Gasteiger partial charge in [-0.1, -0.05) is 17.7 Å². The van der Waals surface area contributed by atoms with Crippen LogP contribution >= 0.6 is 0 Å². The molecule has 0 unspecified atom stereocenters. The Morgan fingerprint density at radius 3 is 2.69 bits per heavy atom. The first-order valence-electron chi connectivity index (χ1n) is 5.46. The van der Waals surface area contributed by atoms with E-state index in [0.29, 0.717) is 5.89 Å². The number of benzene rings is 1. The molecule has 0 amide bonds. The topological polar surface area (TPSA) is 38.1 Å². The normalized spacial score (nSPS) is 10.6. The molecule has 0 saturated carbocycles. The Morgan fingerprint density at radius 2 is 2.00 bits per heavy atom. The van der Waals surface area contributed by atoms with Gasteiger partial charge in [0.2, 0.25) is 5.89 Å². The molecule has 3 nitrogen and oxygen atoms in total. The van der Waals surface area contributed by atoms with Crippen molar-refractivity contribution in [2.45, 2.75) is 13.3 Å². The van der Waals surface area contributed by atoms with Crippen molar-refractivity contribution in [3.63, 3.8) is 0 Å². The molecule has 1 aromatic carbocycles. The Hall–Kier alpha value is -1.61. The molecule has 0 bridgehead atoms. The molecule has 0 spiro atoms. The quantitative estimate of drug-likeness (QED) is 0.853. The van der Waals surface area contributed by atoms with E-state index in [1.807, 2.05) is 19.2 Å². The Bertz CT molecular complexity index is 445. The average molecular weight is 216 g/mol. The largest absolute Gasteiger partial charge is 0.441 e. The number of hydrogen-bond acceptors (Lipinski definition) is 3. The van der Waals surface area contributed by atoms with Crippen molar-refractivity contribution in [2.24, 2.45) is 0 Å². The van der Waals surface area contributed by atoms with Gasteiger partial charge in [0.05, 0.1) is 6.20 Å². The van der Waals surface area contributed by atoms with Crippen LogP contribution in [0.3, 0.4) is 0 Å². The van der Waals surface area contributed by atoms with Crippen molar-refractivity contribution in [3.05, 3.63) is 41.8 Å². The second-order valence-electron chi connectivity index (χ2n) is 3.85. The lowest BCUT2D eigenvalue weighted by Gasteiger charge is -1.97. The van der Waals surface area contributed by atoms with Crippen LogP contribution in [-0.2, 0) is 6.42 Å². The standard InChI is InChI=1S/C13H16N2O/c1-10-3-5-11(6-4-10)13-15-9-12(16-13)7-8-14-2/h3-6,9,14H,7-8H2,1-2H3. The smallest absolute Gasteiger partial charge is 0.226 e. The molecule has 84 valence electrons. The molecule has 16 heavy (non-hydrogen) atoms. The summed E-state index contributed by atoms with van der Waals surface area (Å²) in [5.41, 5.74) is 2.27. The van der Waals surface area contributed by atoms with Crippen molar-refractivity contribution in [1.29, 1.82) is 0 Å². The number of likely N-dealkylation sites (N-methyl/N-ethyl adjacent to an activating group) is 1. The summed E-state index contributed by atoms with van der Waals surface area (Å²) in [4.78, 5) is 4.27. The first-order valence-corrected chi connectivity index (χ1v) is 5.46. The third-order valence-corrected chi connectivity index (χ3v) is 2.47. The van der Waals surface area contributed by atoms with E-state index in [-0.39, 0.29) is 0 Å². The fourth-order valence-electron chi connectivity index (χ4n) is 1.50. The molecule has 1 N–H and O–H groups in total. The number of nitrogens with zero attached hydrogens (tertiary/aromatic N) is 1. The third kappa shape index (κ3) is 2.49. The van der Waals surface area contributed by atoms with Gasteiger partial charge in [-0.25, -0.2) is 4.98 Å². The van der Waals surface area contributed by atoms with Crippen molar-refractivity contribution in [3.8, 4) is 11.5 Å². The maximum Gasteiger partial charge on any atom is 0.226 e. The molecule has 0 saturated heterocycles. The zero-order valence-electron chi connectivity index (χ0n) is 9.66. The monoisotopic (exact) mass is 216 g/mol. The first-order chi connectivity index (χ1) is 7.79. The molecule has 0 radical (unpaired) electrons. The molecule has 3 heteroatoms. The molecular weight excluding hydrogens is 200 g/mol. The van der Waals surface area contributed by atoms with E-state index >= 15 is 0 Å². The van der Waals surface area contributed by atoms with Crippen LogP contribution in [0, 0.1) is 6.92 Å². The highest BCUT2D eigenvalue weighted by atomic mass is 16.4. The number of rotatable bonds is 4. The van der Waals surface area contributed by atoms with Gasteiger partial charge in [-0.3, -0.25) is 0 Å². The van der Waals surface area contributed by atoms with Gasteiger partial charge in [-0.15, -0.1) is 0 Å². The van der Waals surface area contributed by atoms with Gasteiger partial charge < -0.3 is 9.73 Å². The molecule has 0 atom stereocenters. The molecule has 0 fully saturated rings. The number of nitrogens with one attached hydrogen (secondary N) is 1. The van der Waals surface area contributed by atoms with Gasteiger partial charge in [-0.05, 0) is 26.1 Å². The summed E-state index contributed by atoms with van der Waals surface area (Å²) in [6, 6.07) is 8.19. The zero-order valence-corrected chi connectivity index (χ0v) is 9.66. The lowest BCUT2D eigenvalue weighted by atomic mass is 10.1. The van der Waals surface area contributed by atoms with E-state index < -0.39 is 0 Å². The molecule has 0 aliphatic rings. The van der Waals surface area contributed by atoms with E-state index in [2.05, 4.69) is 29.4 Å². The summed E-state index contributed by atoms with van der Waals surface area (Å²) >= 11 is 0. The van der Waals surface area contributed by atoms with Crippen LogP contribution in [0.4, 0.5) is 0 Å². The minimum atomic E-state index is 0.700. The van der Waals surface area contributed by atoms with Crippen LogP contribution in [0.5, 0.6) is 0 Å². The van der Waals surface area contributed by atoms with Crippen LogP contribution in [0.2, 0.25) is 0 Å². The summed E-state index contributed by atoms with van der Waals surface area (Å²) in [5.74, 6) is 1.62. The number of hydrogen-bond donors (Lipinski definition) is 1. The van der Waals surface area contributed by atoms with Gasteiger partial charge in [0.1, 0.15) is 5.76 Å². The van der Waals surface area contributed by atoms with Gasteiger partial charge in [0, 0.05) is 18.5 Å². The maximum atomic E-state index is 5.66. The summed E-state index contributed by atoms with van der Waals surface area (Å²) in [6.07, 6.45) is 2.67. The predicted molar refractivity (Wildman–Crippen MR) is 64.3 cm³/mol. The van der Waals surface area contributed by atoms with Crippen molar-refractivity contribution < 1.29 is 4.42 Å². The molecular formula is C13H16N2O. The second kappa shape index (κ2) is 4.94. The van der Waals surface area contributed by atoms with Crippen molar-refractivity contribution >= 4 is 0 Å². The Morgan fingerprint density at radius 1 is 1.25 bits per heavy atom. The molecule has 1 heterocycles. The Kier molecular flexibility index (Phi) is 3.37. The summed E-state index contributed by atoms with van der Waals surface area (Å²) in [6.45, 7) is 2.97. The fraction of sp³-hybridized carbons (Fsp3) is 0.308. The molecule has 2 aromatic rings. The van der Waals surface area contributed by atoms with Crippen LogP contribution in [0.1, 0.15) is 11.3 Å². The number of oxazole rings is 1. The highest BCUT2D eigenvalue weighted by Gasteiger charge is 2.05. The molecule has 0 aliphatic carbocycles. The van der Waals surface area contributed by atoms with Crippen molar-refractivity contribution in [1.82, 2.24) is 10.3 Å². The SMILES string of the molecule is CNCCc1cnc(-c2ccc(C)cc2)o1. The second-order valence-corrected chi connectivity index (χ2v) is 3.85. The average Bonchev–Trinajstić information content (AvgIpc) is 2.76. The third-order valence-electron chi connectivity index (χ3n) is 2.47. The van der Waals surface area contributed by atoms with Gasteiger partial charge >= 0.3 is 0 Å². The maximum absolute atomic E-state index is 5.66. The van der Waals surface area contributed by atoms with Crippen LogP contribution < -0.4 is 5.32 Å². The van der Waals surface area contributed by atoms with Crippen LogP contribution in [0.25, 0.3) is 11.5 Å². The van der Waals surface area contributed by atoms with E-state index in [4.69, 9.17) is 4.42 Å². The van der Waals surface area contributed by atoms with E-state index in [9.17, 15) is 0 Å². The zero-order chi connectivity index (χ0) is 11.4. The van der Waals surface area contributed by atoms with Crippen LogP contribution in [0.15, 0.2) is 34.9 Å². The van der Waals surface area contributed by atoms with Gasteiger partial charge in [0.25, 0.3) is 0 Å². The van der Waals surface area contributed by atoms with E-state index in [1.54, 1.807) is 6.20 Å². The minimum absolute atomic E-state index is 0.700. The molecule has 2 rings (SSSR count). The van der Waals surface area contributed by atoms with Crippen LogP contribution in [-0.4, -0.2) is 18.6 Å². The highest BCUT2D eigenvalue weighted by Crippen LogP contribution is 2.19. The molecule has 0 aliphatic heterocycles. The summed E-state index contributed by atoms with van der Waals surface area (Å²) in [7, 11) is 1.93. The fourth-order valence-corrected chi connectivity index (χ4v) is 1.50. The van der Waals surface area contributed by atoms with Gasteiger partial charge in [-0.2, -0.15) is 0 Å². The number of aromatic nitrogens is 1. The van der Waals surface area contributed by atoms with Crippen molar-refractivity contribution in [2.75, 3.05) is 13.6 Å². The van der Waals surface area contributed by atoms with E-state index in [1.165, 1.54) is 5.56 Å². The predicted octanol–water partition coefficient (Wildman–Crippen LogP) is 2.41. The lowest BCUT2D eigenvalue weighted by molar-refractivity contribution is 0.512.